The third kappa shape index (κ3) is 2.66. The van der Waals surface area contributed by atoms with Gasteiger partial charge in [0.1, 0.15) is 5.52 Å². The molecule has 0 aliphatic heterocycles. The van der Waals surface area contributed by atoms with Crippen molar-refractivity contribution in [1.82, 2.24) is 20.2 Å². The van der Waals surface area contributed by atoms with Crippen LogP contribution < -0.4 is 5.43 Å². The smallest absolute Gasteiger partial charge is 0.265 e. The number of fused-ring (bicyclic) bond motifs is 3. The van der Waals surface area contributed by atoms with Crippen LogP contribution in [0.25, 0.3) is 22.1 Å². The molecule has 0 radical (unpaired) electrons. The number of H-pyrrole nitrogens is 1. The second-order valence-corrected chi connectivity index (χ2v) is 5.82. The summed E-state index contributed by atoms with van der Waals surface area (Å²) in [6.07, 6.45) is 1.52. The van der Waals surface area contributed by atoms with Crippen LogP contribution in [0.1, 0.15) is 5.56 Å². The summed E-state index contributed by atoms with van der Waals surface area (Å²) < 4.78 is 0. The molecule has 4 rings (SSSR count). The lowest BCUT2D eigenvalue weighted by molar-refractivity contribution is 1.01. The van der Waals surface area contributed by atoms with Gasteiger partial charge in [-0.2, -0.15) is 10.1 Å². The number of hydrogen-bond donors (Lipinski definition) is 2. The topological polar surface area (TPSA) is 78.8 Å². The molecule has 4 aromatic rings. The minimum absolute atomic E-state index is 0.272. The van der Waals surface area contributed by atoms with E-state index in [0.717, 1.165) is 10.9 Å². The van der Waals surface area contributed by atoms with Crippen molar-refractivity contribution in [3.63, 3.8) is 0 Å². The second kappa shape index (κ2) is 6.07. The van der Waals surface area contributed by atoms with Crippen molar-refractivity contribution >= 4 is 57.4 Å². The summed E-state index contributed by atoms with van der Waals surface area (Å²) in [7, 11) is 0. The number of anilines is 1. The molecule has 2 aromatic heterocycles. The Kier molecular flexibility index (Phi) is 3.76. The maximum atomic E-state index is 6.08. The van der Waals surface area contributed by atoms with E-state index in [9.17, 15) is 0 Å². The largest absolute Gasteiger partial charge is 0.338 e. The number of para-hydroxylation sites is 1. The highest BCUT2D eigenvalue weighted by Gasteiger charge is 2.08. The van der Waals surface area contributed by atoms with Gasteiger partial charge in [-0.1, -0.05) is 47.5 Å². The molecular formula is C16H10Cl2N6. The maximum absolute atomic E-state index is 6.08. The number of aromatic amines is 1. The van der Waals surface area contributed by atoms with Gasteiger partial charge in [-0.15, -0.1) is 10.2 Å². The lowest BCUT2D eigenvalue weighted by Crippen LogP contribution is -1.99. The molecule has 0 spiro atoms. The quantitative estimate of drug-likeness (QED) is 0.424. The van der Waals surface area contributed by atoms with Crippen molar-refractivity contribution in [1.29, 1.82) is 0 Å². The minimum Gasteiger partial charge on any atom is -0.338 e. The standard InChI is InChI=1S/C16H10Cl2N6/c17-11-5-3-6-12(18)10(11)8-19-23-16-21-15-14(22-24-16)9-4-1-2-7-13(9)20-15/h1-8H,(H2,20,21,23,24)/b19-8-. The SMILES string of the molecule is Clc1cccc(Cl)c1/C=N\Nc1nnc2c(n1)[nH]c1ccccc12. The highest BCUT2D eigenvalue weighted by molar-refractivity contribution is 6.38. The number of nitrogens with one attached hydrogen (secondary N) is 2. The molecular weight excluding hydrogens is 347 g/mol. The molecule has 0 atom stereocenters. The molecule has 118 valence electrons. The second-order valence-electron chi connectivity index (χ2n) is 5.01. The maximum Gasteiger partial charge on any atom is 0.265 e. The summed E-state index contributed by atoms with van der Waals surface area (Å²) in [6.45, 7) is 0. The molecule has 2 heterocycles. The highest BCUT2D eigenvalue weighted by atomic mass is 35.5. The zero-order valence-electron chi connectivity index (χ0n) is 12.2. The van der Waals surface area contributed by atoms with E-state index < -0.39 is 0 Å². The number of benzene rings is 2. The van der Waals surface area contributed by atoms with Gasteiger partial charge < -0.3 is 4.98 Å². The fourth-order valence-corrected chi connectivity index (χ4v) is 2.85. The van der Waals surface area contributed by atoms with Crippen molar-refractivity contribution in [3.05, 3.63) is 58.1 Å². The van der Waals surface area contributed by atoms with E-state index in [0.29, 0.717) is 26.8 Å². The van der Waals surface area contributed by atoms with E-state index in [-0.39, 0.29) is 5.95 Å². The van der Waals surface area contributed by atoms with Gasteiger partial charge in [-0.25, -0.2) is 5.43 Å². The van der Waals surface area contributed by atoms with Gasteiger partial charge in [-0.05, 0) is 18.2 Å². The van der Waals surface area contributed by atoms with Crippen LogP contribution in [0.15, 0.2) is 47.6 Å². The number of hydrazone groups is 1. The Bertz CT molecular complexity index is 1050. The van der Waals surface area contributed by atoms with Gasteiger partial charge in [0, 0.05) is 16.5 Å². The van der Waals surface area contributed by atoms with Crippen LogP contribution in [-0.2, 0) is 0 Å². The Morgan fingerprint density at radius 2 is 1.79 bits per heavy atom. The zero-order valence-corrected chi connectivity index (χ0v) is 13.7. The van der Waals surface area contributed by atoms with Crippen LogP contribution in [-0.4, -0.2) is 26.4 Å². The Morgan fingerprint density at radius 1 is 1.00 bits per heavy atom. The van der Waals surface area contributed by atoms with Gasteiger partial charge in [0.25, 0.3) is 5.95 Å². The van der Waals surface area contributed by atoms with Gasteiger partial charge >= 0.3 is 0 Å². The fraction of sp³-hybridized carbons (Fsp3) is 0. The average Bonchev–Trinajstić information content (AvgIpc) is 2.95. The third-order valence-corrected chi connectivity index (χ3v) is 4.14. The van der Waals surface area contributed by atoms with Crippen LogP contribution in [0, 0.1) is 0 Å². The first-order chi connectivity index (χ1) is 11.7. The first-order valence-electron chi connectivity index (χ1n) is 7.06. The van der Waals surface area contributed by atoms with E-state index in [1.54, 1.807) is 18.2 Å². The lowest BCUT2D eigenvalue weighted by Gasteiger charge is -2.01. The van der Waals surface area contributed by atoms with Gasteiger partial charge in [0.15, 0.2) is 5.65 Å². The van der Waals surface area contributed by atoms with E-state index in [1.807, 2.05) is 24.3 Å². The molecule has 6 nitrogen and oxygen atoms in total. The number of halogens is 2. The molecule has 0 saturated heterocycles. The Balaban J connectivity index is 1.63. The summed E-state index contributed by atoms with van der Waals surface area (Å²) in [4.78, 5) is 7.57. The van der Waals surface area contributed by atoms with Crippen LogP contribution in [0.5, 0.6) is 0 Å². The predicted octanol–water partition coefficient (Wildman–Crippen LogP) is 4.26. The van der Waals surface area contributed by atoms with Crippen molar-refractivity contribution in [2.24, 2.45) is 5.10 Å². The van der Waals surface area contributed by atoms with Gasteiger partial charge in [-0.3, -0.25) is 0 Å². The molecule has 2 N–H and O–H groups in total. The Hall–Kier alpha value is -2.70. The van der Waals surface area contributed by atoms with Crippen molar-refractivity contribution in [2.45, 2.75) is 0 Å². The van der Waals surface area contributed by atoms with E-state index in [4.69, 9.17) is 23.2 Å². The van der Waals surface area contributed by atoms with Gasteiger partial charge in [0.2, 0.25) is 0 Å². The van der Waals surface area contributed by atoms with E-state index in [1.165, 1.54) is 6.21 Å². The van der Waals surface area contributed by atoms with Crippen LogP contribution >= 0.6 is 23.2 Å². The number of aromatic nitrogens is 4. The molecule has 0 unspecified atom stereocenters. The van der Waals surface area contributed by atoms with Gasteiger partial charge in [0.05, 0.1) is 16.3 Å². The molecule has 0 amide bonds. The predicted molar refractivity (Wildman–Crippen MR) is 96.9 cm³/mol. The first-order valence-corrected chi connectivity index (χ1v) is 7.82. The van der Waals surface area contributed by atoms with E-state index in [2.05, 4.69) is 30.7 Å². The molecule has 24 heavy (non-hydrogen) atoms. The zero-order chi connectivity index (χ0) is 16.5. The third-order valence-electron chi connectivity index (χ3n) is 3.48. The van der Waals surface area contributed by atoms with Crippen molar-refractivity contribution < 1.29 is 0 Å². The van der Waals surface area contributed by atoms with Crippen molar-refractivity contribution in [3.8, 4) is 0 Å². The summed E-state index contributed by atoms with van der Waals surface area (Å²) in [5, 5.41) is 14.3. The number of nitrogens with zero attached hydrogens (tertiary/aromatic N) is 4. The normalized spacial score (nSPS) is 11.6. The minimum atomic E-state index is 0.272. The molecule has 0 bridgehead atoms. The monoisotopic (exact) mass is 356 g/mol. The Labute approximate surface area is 146 Å². The summed E-state index contributed by atoms with van der Waals surface area (Å²) >= 11 is 12.2. The number of hydrogen-bond acceptors (Lipinski definition) is 5. The molecule has 8 heteroatoms. The first kappa shape index (κ1) is 14.9. The average molecular weight is 357 g/mol. The molecule has 0 saturated carbocycles. The lowest BCUT2D eigenvalue weighted by atomic mass is 10.2. The summed E-state index contributed by atoms with van der Waals surface area (Å²) in [6, 6.07) is 13.1. The van der Waals surface area contributed by atoms with E-state index >= 15 is 0 Å². The highest BCUT2D eigenvalue weighted by Crippen LogP contribution is 2.23. The van der Waals surface area contributed by atoms with Crippen molar-refractivity contribution in [2.75, 3.05) is 5.43 Å². The molecule has 2 aromatic carbocycles. The van der Waals surface area contributed by atoms with Crippen LogP contribution in [0.2, 0.25) is 10.0 Å². The molecule has 0 aliphatic rings. The Morgan fingerprint density at radius 3 is 2.62 bits per heavy atom. The molecule has 0 fully saturated rings. The van der Waals surface area contributed by atoms with Crippen LogP contribution in [0.3, 0.4) is 0 Å². The fourth-order valence-electron chi connectivity index (χ4n) is 2.36. The molecule has 0 aliphatic carbocycles. The summed E-state index contributed by atoms with van der Waals surface area (Å²) in [5.74, 6) is 0.272. The van der Waals surface area contributed by atoms with Crippen LogP contribution in [0.4, 0.5) is 5.95 Å². The number of rotatable bonds is 3. The summed E-state index contributed by atoms with van der Waals surface area (Å²) in [5.41, 5.74) is 5.66.